The van der Waals surface area contributed by atoms with E-state index in [-0.39, 0.29) is 0 Å². The zero-order valence-electron chi connectivity index (χ0n) is 7.21. The van der Waals surface area contributed by atoms with Crippen molar-refractivity contribution < 1.29 is 4.79 Å². The summed E-state index contributed by atoms with van der Waals surface area (Å²) in [6.07, 6.45) is 3.92. The first-order valence-corrected chi connectivity index (χ1v) is 4.41. The number of fused-ring (bicyclic) bond motifs is 1. The highest BCUT2D eigenvalue weighted by Gasteiger charge is 2.50. The van der Waals surface area contributed by atoms with Crippen LogP contribution in [0.1, 0.15) is 19.3 Å². The Balaban J connectivity index is 2.02. The van der Waals surface area contributed by atoms with Crippen LogP contribution in [0, 0.1) is 17.8 Å². The van der Waals surface area contributed by atoms with Crippen molar-refractivity contribution in [2.75, 3.05) is 14.1 Å². The van der Waals surface area contributed by atoms with Crippen molar-refractivity contribution in [1.29, 1.82) is 0 Å². The van der Waals surface area contributed by atoms with Crippen molar-refractivity contribution in [2.24, 2.45) is 17.8 Å². The van der Waals surface area contributed by atoms with E-state index in [9.17, 15) is 4.79 Å². The quantitative estimate of drug-likeness (QED) is 0.553. The molecule has 3 fully saturated rings. The fourth-order valence-electron chi connectivity index (χ4n) is 2.60. The van der Waals surface area contributed by atoms with E-state index in [2.05, 4.69) is 0 Å². The average Bonchev–Trinajstić information content (AvgIpc) is 2.44. The molecular formula is C9H15NO. The van der Waals surface area contributed by atoms with E-state index in [1.807, 2.05) is 14.1 Å². The summed E-state index contributed by atoms with van der Waals surface area (Å²) in [7, 11) is 3.72. The average molecular weight is 153 g/mol. The monoisotopic (exact) mass is 153 g/mol. The second-order valence-electron chi connectivity index (χ2n) is 4.09. The van der Waals surface area contributed by atoms with E-state index in [0.29, 0.717) is 11.8 Å². The molecule has 62 valence electrons. The first-order chi connectivity index (χ1) is 5.20. The van der Waals surface area contributed by atoms with Crippen LogP contribution < -0.4 is 0 Å². The summed E-state index contributed by atoms with van der Waals surface area (Å²) >= 11 is 0. The van der Waals surface area contributed by atoms with Crippen LogP contribution in [0.3, 0.4) is 0 Å². The number of amides is 1. The summed E-state index contributed by atoms with van der Waals surface area (Å²) in [5.74, 6) is 2.26. The first-order valence-electron chi connectivity index (χ1n) is 4.41. The number of carbonyl (C=O) groups is 1. The third kappa shape index (κ3) is 0.883. The van der Waals surface area contributed by atoms with Crippen LogP contribution in [-0.4, -0.2) is 24.9 Å². The lowest BCUT2D eigenvalue weighted by atomic mass is 9.71. The third-order valence-corrected chi connectivity index (χ3v) is 3.26. The van der Waals surface area contributed by atoms with Gasteiger partial charge in [-0.3, -0.25) is 4.79 Å². The molecule has 0 heterocycles. The van der Waals surface area contributed by atoms with Gasteiger partial charge >= 0.3 is 0 Å². The van der Waals surface area contributed by atoms with Gasteiger partial charge in [-0.15, -0.1) is 0 Å². The van der Waals surface area contributed by atoms with Gasteiger partial charge in [0, 0.05) is 20.0 Å². The summed E-state index contributed by atoms with van der Waals surface area (Å²) in [4.78, 5) is 13.3. The lowest BCUT2D eigenvalue weighted by Crippen LogP contribution is -2.41. The molecular weight excluding hydrogens is 138 g/mol. The molecule has 2 unspecified atom stereocenters. The molecule has 3 aliphatic rings. The molecule has 0 aliphatic heterocycles. The van der Waals surface area contributed by atoms with Gasteiger partial charge in [-0.1, -0.05) is 0 Å². The molecule has 3 rings (SSSR count). The maximum Gasteiger partial charge on any atom is 0.225 e. The van der Waals surface area contributed by atoms with E-state index in [0.717, 1.165) is 11.8 Å². The Kier molecular flexibility index (Phi) is 1.44. The van der Waals surface area contributed by atoms with Gasteiger partial charge in [-0.05, 0) is 31.1 Å². The fourth-order valence-corrected chi connectivity index (χ4v) is 2.60. The van der Waals surface area contributed by atoms with Gasteiger partial charge in [0.2, 0.25) is 5.91 Å². The molecule has 0 N–H and O–H groups in total. The van der Waals surface area contributed by atoms with Gasteiger partial charge in [0.05, 0.1) is 0 Å². The second kappa shape index (κ2) is 2.23. The van der Waals surface area contributed by atoms with E-state index in [1.165, 1.54) is 19.3 Å². The lowest BCUT2D eigenvalue weighted by Gasteiger charge is -2.36. The van der Waals surface area contributed by atoms with E-state index < -0.39 is 0 Å². The first kappa shape index (κ1) is 7.14. The Morgan fingerprint density at radius 2 is 1.82 bits per heavy atom. The SMILES string of the molecule is CN(C)C(=O)C1C2CCC1C2. The van der Waals surface area contributed by atoms with Gasteiger partial charge in [-0.25, -0.2) is 0 Å². The number of carbonyl (C=O) groups excluding carboxylic acids is 1. The minimum Gasteiger partial charge on any atom is -0.349 e. The second-order valence-corrected chi connectivity index (χ2v) is 4.09. The normalized spacial score (nSPS) is 40.0. The molecule has 0 saturated heterocycles. The zero-order chi connectivity index (χ0) is 8.01. The Bertz CT molecular complexity index is 174. The number of rotatable bonds is 1. The maximum absolute atomic E-state index is 11.5. The van der Waals surface area contributed by atoms with E-state index >= 15 is 0 Å². The summed E-state index contributed by atoms with van der Waals surface area (Å²) in [5, 5.41) is 0. The predicted octanol–water partition coefficient (Wildman–Crippen LogP) is 1.12. The maximum atomic E-state index is 11.5. The Morgan fingerprint density at radius 3 is 2.18 bits per heavy atom. The molecule has 0 aromatic heterocycles. The lowest BCUT2D eigenvalue weighted by molar-refractivity contribution is -0.139. The number of hydrogen-bond acceptors (Lipinski definition) is 1. The largest absolute Gasteiger partial charge is 0.349 e. The zero-order valence-corrected chi connectivity index (χ0v) is 7.21. The molecule has 0 spiro atoms. The molecule has 1 amide bonds. The van der Waals surface area contributed by atoms with Gasteiger partial charge in [0.25, 0.3) is 0 Å². The van der Waals surface area contributed by atoms with Gasteiger partial charge in [0.15, 0.2) is 0 Å². The van der Waals surface area contributed by atoms with Crippen molar-refractivity contribution in [3.8, 4) is 0 Å². The van der Waals surface area contributed by atoms with Crippen LogP contribution in [-0.2, 0) is 4.79 Å². The molecule has 0 aromatic rings. The van der Waals surface area contributed by atoms with Gasteiger partial charge < -0.3 is 4.90 Å². The highest BCUT2D eigenvalue weighted by molar-refractivity contribution is 5.80. The topological polar surface area (TPSA) is 20.3 Å². The Hall–Kier alpha value is -0.530. The molecule has 2 nitrogen and oxygen atoms in total. The number of nitrogens with zero attached hydrogens (tertiary/aromatic N) is 1. The molecule has 11 heavy (non-hydrogen) atoms. The molecule has 0 aromatic carbocycles. The minimum atomic E-state index is 0.365. The fraction of sp³-hybridized carbons (Fsp3) is 0.889. The smallest absolute Gasteiger partial charge is 0.225 e. The molecule has 3 saturated carbocycles. The highest BCUT2D eigenvalue weighted by atomic mass is 16.2. The summed E-state index contributed by atoms with van der Waals surface area (Å²) in [5.41, 5.74) is 0. The van der Waals surface area contributed by atoms with E-state index in [4.69, 9.17) is 0 Å². The van der Waals surface area contributed by atoms with Crippen LogP contribution in [0.2, 0.25) is 0 Å². The Morgan fingerprint density at radius 1 is 1.27 bits per heavy atom. The van der Waals surface area contributed by atoms with Crippen molar-refractivity contribution in [3.63, 3.8) is 0 Å². The third-order valence-electron chi connectivity index (χ3n) is 3.26. The van der Waals surface area contributed by atoms with Crippen LogP contribution in [0.4, 0.5) is 0 Å². The summed E-state index contributed by atoms with van der Waals surface area (Å²) in [6, 6.07) is 0. The minimum absolute atomic E-state index is 0.365. The highest BCUT2D eigenvalue weighted by Crippen LogP contribution is 2.53. The van der Waals surface area contributed by atoms with E-state index in [1.54, 1.807) is 4.90 Å². The van der Waals surface area contributed by atoms with Gasteiger partial charge in [-0.2, -0.15) is 0 Å². The summed E-state index contributed by atoms with van der Waals surface area (Å²) in [6.45, 7) is 0. The molecule has 2 atom stereocenters. The molecule has 2 heteroatoms. The summed E-state index contributed by atoms with van der Waals surface area (Å²) < 4.78 is 0. The van der Waals surface area contributed by atoms with Crippen LogP contribution in [0.5, 0.6) is 0 Å². The van der Waals surface area contributed by atoms with Crippen molar-refractivity contribution in [3.05, 3.63) is 0 Å². The molecule has 3 aliphatic carbocycles. The number of hydrogen-bond donors (Lipinski definition) is 0. The van der Waals surface area contributed by atoms with Crippen molar-refractivity contribution in [1.82, 2.24) is 4.90 Å². The van der Waals surface area contributed by atoms with Crippen LogP contribution in [0.25, 0.3) is 0 Å². The van der Waals surface area contributed by atoms with Crippen molar-refractivity contribution >= 4 is 5.91 Å². The predicted molar refractivity (Wildman–Crippen MR) is 43.0 cm³/mol. The van der Waals surface area contributed by atoms with Crippen LogP contribution in [0.15, 0.2) is 0 Å². The molecule has 2 bridgehead atoms. The standard InChI is InChI=1S/C9H15NO/c1-10(2)9(11)8-6-3-4-7(8)5-6/h6-8H,3-5H2,1-2H3. The Labute approximate surface area is 67.6 Å². The van der Waals surface area contributed by atoms with Gasteiger partial charge in [0.1, 0.15) is 0 Å². The van der Waals surface area contributed by atoms with Crippen LogP contribution >= 0.6 is 0 Å². The molecule has 0 radical (unpaired) electrons. The van der Waals surface area contributed by atoms with Crippen molar-refractivity contribution in [2.45, 2.75) is 19.3 Å².